The zero-order valence-electron chi connectivity index (χ0n) is 9.33. The summed E-state index contributed by atoms with van der Waals surface area (Å²) in [7, 11) is 2.24. The summed E-state index contributed by atoms with van der Waals surface area (Å²) in [6, 6.07) is 1.12. The highest BCUT2D eigenvalue weighted by atomic mass is 28.3. The van der Waals surface area contributed by atoms with Gasteiger partial charge in [0.25, 0.3) is 0 Å². The van der Waals surface area contributed by atoms with Crippen molar-refractivity contribution in [3.8, 4) is 0 Å². The third-order valence-corrected chi connectivity index (χ3v) is 3.50. The molecular formula is C9H19O4Si. The standard InChI is InChI=1S/C5H14O2Si.C4H5O2/c1-4-5-8(6-2)7-3;1-3(2)4(5)6/h8H,4-5H2,1-3H3;1H2,2H3. The number of carbonyl (C=O) groups excluding carboxylic acids is 1. The first-order valence-corrected chi connectivity index (χ1v) is 6.17. The Morgan fingerprint density at radius 2 is 1.71 bits per heavy atom. The molecule has 0 aliphatic carbocycles. The summed E-state index contributed by atoms with van der Waals surface area (Å²) >= 11 is 0. The molecule has 0 N–H and O–H groups in total. The predicted octanol–water partition coefficient (Wildman–Crippen LogP) is 1.43. The fourth-order valence-electron chi connectivity index (χ4n) is 0.568. The molecule has 14 heavy (non-hydrogen) atoms. The van der Waals surface area contributed by atoms with Crippen molar-refractivity contribution in [3.05, 3.63) is 12.2 Å². The Labute approximate surface area is 87.4 Å². The van der Waals surface area contributed by atoms with E-state index in [1.165, 1.54) is 13.3 Å². The SMILES string of the molecule is C=C(C)C([O])=O.CCC[SiH](OC)OC. The van der Waals surface area contributed by atoms with Gasteiger partial charge in [-0.2, -0.15) is 0 Å². The highest BCUT2D eigenvalue weighted by Gasteiger charge is 2.05. The van der Waals surface area contributed by atoms with Crippen LogP contribution in [0.25, 0.3) is 0 Å². The van der Waals surface area contributed by atoms with E-state index in [-0.39, 0.29) is 5.57 Å². The van der Waals surface area contributed by atoms with Gasteiger partial charge in [-0.25, -0.2) is 9.90 Å². The topological polar surface area (TPSA) is 55.4 Å². The predicted molar refractivity (Wildman–Crippen MR) is 56.8 cm³/mol. The highest BCUT2D eigenvalue weighted by Crippen LogP contribution is 1.96. The van der Waals surface area contributed by atoms with E-state index in [1.807, 2.05) is 0 Å². The molecule has 0 spiro atoms. The normalized spacial score (nSPS) is 9.21. The number of hydrogen-bond donors (Lipinski definition) is 0. The summed E-state index contributed by atoms with van der Waals surface area (Å²) in [5.74, 6) is -1.19. The molecule has 0 fully saturated rings. The highest BCUT2D eigenvalue weighted by molar-refractivity contribution is 6.44. The Kier molecular flexibility index (Phi) is 11.8. The van der Waals surface area contributed by atoms with Crippen LogP contribution in [-0.2, 0) is 18.8 Å². The average Bonchev–Trinajstić information content (AvgIpc) is 2.15. The Morgan fingerprint density at radius 1 is 1.36 bits per heavy atom. The average molecular weight is 219 g/mol. The smallest absolute Gasteiger partial charge is 0.381 e. The zero-order valence-corrected chi connectivity index (χ0v) is 10.5. The Balaban J connectivity index is 0. The second-order valence-electron chi connectivity index (χ2n) is 2.76. The summed E-state index contributed by atoms with van der Waals surface area (Å²) in [6.45, 7) is 6.61. The Hall–Kier alpha value is -0.653. The first-order chi connectivity index (χ1) is 6.49. The summed E-state index contributed by atoms with van der Waals surface area (Å²) in [4.78, 5) is 9.49. The van der Waals surface area contributed by atoms with Gasteiger partial charge < -0.3 is 8.85 Å². The minimum absolute atomic E-state index is 0.0648. The fourth-order valence-corrected chi connectivity index (χ4v) is 1.70. The lowest BCUT2D eigenvalue weighted by Crippen LogP contribution is -2.17. The molecular weight excluding hydrogens is 200 g/mol. The van der Waals surface area contributed by atoms with Crippen molar-refractivity contribution >= 4 is 15.3 Å². The van der Waals surface area contributed by atoms with Crippen molar-refractivity contribution in [1.82, 2.24) is 0 Å². The molecule has 0 saturated heterocycles. The van der Waals surface area contributed by atoms with Gasteiger partial charge in [0.05, 0.1) is 0 Å². The van der Waals surface area contributed by atoms with Crippen LogP contribution < -0.4 is 0 Å². The minimum atomic E-state index is -1.19. The maximum absolute atomic E-state index is 9.49. The van der Waals surface area contributed by atoms with Gasteiger partial charge >= 0.3 is 15.3 Å². The van der Waals surface area contributed by atoms with Gasteiger partial charge in [0.2, 0.25) is 0 Å². The zero-order chi connectivity index (χ0) is 11.6. The minimum Gasteiger partial charge on any atom is -0.400 e. The Bertz CT molecular complexity index is 154. The number of rotatable bonds is 5. The van der Waals surface area contributed by atoms with Gasteiger partial charge in [0.1, 0.15) is 0 Å². The van der Waals surface area contributed by atoms with E-state index in [9.17, 15) is 9.90 Å². The van der Waals surface area contributed by atoms with Crippen LogP contribution in [-0.4, -0.2) is 29.5 Å². The van der Waals surface area contributed by atoms with E-state index in [2.05, 4.69) is 13.5 Å². The molecule has 1 radical (unpaired) electrons. The number of carbonyl (C=O) groups is 1. The molecule has 0 heterocycles. The van der Waals surface area contributed by atoms with Crippen LogP contribution in [0.15, 0.2) is 12.2 Å². The van der Waals surface area contributed by atoms with Gasteiger partial charge in [0, 0.05) is 19.8 Å². The van der Waals surface area contributed by atoms with Crippen LogP contribution in [0.2, 0.25) is 6.04 Å². The molecule has 0 aromatic heterocycles. The molecule has 0 saturated carbocycles. The van der Waals surface area contributed by atoms with Crippen molar-refractivity contribution in [1.29, 1.82) is 0 Å². The quantitative estimate of drug-likeness (QED) is 0.519. The molecule has 0 aromatic rings. The molecule has 0 aliphatic heterocycles. The van der Waals surface area contributed by atoms with E-state index >= 15 is 0 Å². The van der Waals surface area contributed by atoms with Crippen molar-refractivity contribution in [2.24, 2.45) is 0 Å². The first-order valence-electron chi connectivity index (χ1n) is 4.42. The van der Waals surface area contributed by atoms with Crippen LogP contribution in [0.5, 0.6) is 0 Å². The molecule has 0 rings (SSSR count). The molecule has 0 aliphatic rings. The summed E-state index contributed by atoms with van der Waals surface area (Å²) in [5.41, 5.74) is 0.0648. The maximum atomic E-state index is 9.49. The van der Waals surface area contributed by atoms with E-state index in [0.29, 0.717) is 0 Å². The van der Waals surface area contributed by atoms with Crippen molar-refractivity contribution in [2.45, 2.75) is 26.3 Å². The molecule has 0 unspecified atom stereocenters. The van der Waals surface area contributed by atoms with Gasteiger partial charge in [0.15, 0.2) is 0 Å². The van der Waals surface area contributed by atoms with Crippen LogP contribution >= 0.6 is 0 Å². The molecule has 4 nitrogen and oxygen atoms in total. The summed E-state index contributed by atoms with van der Waals surface area (Å²) < 4.78 is 10.1. The fraction of sp³-hybridized carbons (Fsp3) is 0.667. The first kappa shape index (κ1) is 15.8. The summed E-state index contributed by atoms with van der Waals surface area (Å²) in [6.07, 6.45) is 1.17. The van der Waals surface area contributed by atoms with Crippen molar-refractivity contribution in [2.75, 3.05) is 14.2 Å². The molecule has 0 bridgehead atoms. The molecule has 5 heteroatoms. The van der Waals surface area contributed by atoms with Crippen molar-refractivity contribution in [3.63, 3.8) is 0 Å². The van der Waals surface area contributed by atoms with Crippen LogP contribution in [0.3, 0.4) is 0 Å². The van der Waals surface area contributed by atoms with Crippen LogP contribution in [0, 0.1) is 0 Å². The lowest BCUT2D eigenvalue weighted by atomic mass is 10.4. The monoisotopic (exact) mass is 219 g/mol. The van der Waals surface area contributed by atoms with Crippen molar-refractivity contribution < 1.29 is 18.8 Å². The molecule has 83 valence electrons. The van der Waals surface area contributed by atoms with Crippen LogP contribution in [0.4, 0.5) is 0 Å². The lowest BCUT2D eigenvalue weighted by molar-refractivity contribution is -0.138. The molecule has 0 atom stereocenters. The lowest BCUT2D eigenvalue weighted by Gasteiger charge is -2.07. The Morgan fingerprint density at radius 3 is 1.79 bits per heavy atom. The van der Waals surface area contributed by atoms with E-state index in [1.54, 1.807) is 14.2 Å². The third kappa shape index (κ3) is 11.3. The second kappa shape index (κ2) is 10.4. The van der Waals surface area contributed by atoms with Crippen LogP contribution in [0.1, 0.15) is 20.3 Å². The van der Waals surface area contributed by atoms with Gasteiger partial charge in [-0.05, 0) is 13.0 Å². The largest absolute Gasteiger partial charge is 0.400 e. The third-order valence-electron chi connectivity index (χ3n) is 1.40. The van der Waals surface area contributed by atoms with E-state index in [0.717, 1.165) is 6.04 Å². The molecule has 0 aromatic carbocycles. The van der Waals surface area contributed by atoms with Gasteiger partial charge in [-0.3, -0.25) is 0 Å². The van der Waals surface area contributed by atoms with Gasteiger partial charge in [-0.1, -0.05) is 19.9 Å². The second-order valence-corrected chi connectivity index (χ2v) is 5.14. The van der Waals surface area contributed by atoms with E-state index in [4.69, 9.17) is 8.85 Å². The summed E-state index contributed by atoms with van der Waals surface area (Å²) in [5, 5.41) is 9.49. The molecule has 0 amide bonds. The number of hydrogen-bond acceptors (Lipinski definition) is 3. The maximum Gasteiger partial charge on any atom is 0.381 e. The van der Waals surface area contributed by atoms with Gasteiger partial charge in [-0.15, -0.1) is 0 Å². The van der Waals surface area contributed by atoms with E-state index < -0.39 is 15.3 Å².